The van der Waals surface area contributed by atoms with E-state index in [9.17, 15) is 9.59 Å². The summed E-state index contributed by atoms with van der Waals surface area (Å²) >= 11 is 0. The molecule has 0 atom stereocenters. The van der Waals surface area contributed by atoms with Gasteiger partial charge in [0.05, 0.1) is 6.10 Å². The maximum Gasteiger partial charge on any atom is 0.329 e. The zero-order valence-corrected chi connectivity index (χ0v) is 11.9. The molecule has 21 heavy (non-hydrogen) atoms. The molecule has 0 saturated carbocycles. The molecule has 114 valence electrons. The molecule has 0 unspecified atom stereocenters. The minimum absolute atomic E-state index is 0.0688. The summed E-state index contributed by atoms with van der Waals surface area (Å²) in [4.78, 5) is 24.2. The van der Waals surface area contributed by atoms with E-state index in [2.05, 4.69) is 0 Å². The van der Waals surface area contributed by atoms with E-state index in [1.807, 2.05) is 19.1 Å². The summed E-state index contributed by atoms with van der Waals surface area (Å²) in [5.41, 5.74) is 0. The van der Waals surface area contributed by atoms with Gasteiger partial charge in [0.25, 0.3) is 0 Å². The van der Waals surface area contributed by atoms with E-state index in [1.165, 1.54) is 6.08 Å². The second-order valence-electron chi connectivity index (χ2n) is 5.01. The lowest BCUT2D eigenvalue weighted by atomic mass is 10.1. The monoisotopic (exact) mass is 293 g/mol. The van der Waals surface area contributed by atoms with Gasteiger partial charge in [-0.15, -0.1) is 0 Å². The predicted octanol–water partition coefficient (Wildman–Crippen LogP) is 1.69. The summed E-state index contributed by atoms with van der Waals surface area (Å²) in [5, 5.41) is 8.56. The zero-order chi connectivity index (χ0) is 15.2. The zero-order valence-electron chi connectivity index (χ0n) is 11.9. The van der Waals surface area contributed by atoms with Gasteiger partial charge in [-0.3, -0.25) is 4.79 Å². The number of piperidine rings is 1. The van der Waals surface area contributed by atoms with Crippen molar-refractivity contribution in [1.82, 2.24) is 4.90 Å². The number of carbonyl (C=O) groups is 2. The van der Waals surface area contributed by atoms with Gasteiger partial charge in [0.2, 0.25) is 5.91 Å². The lowest BCUT2D eigenvalue weighted by Crippen LogP contribution is -2.40. The smallest absolute Gasteiger partial charge is 0.329 e. The molecular weight excluding hydrogens is 274 g/mol. The third-order valence-electron chi connectivity index (χ3n) is 3.35. The van der Waals surface area contributed by atoms with Crippen LogP contribution in [0.4, 0.5) is 0 Å². The quantitative estimate of drug-likeness (QED) is 0.836. The minimum Gasteiger partial charge on any atom is -0.480 e. The number of rotatable bonds is 5. The maximum atomic E-state index is 12.0. The van der Waals surface area contributed by atoms with Crippen LogP contribution < -0.4 is 0 Å². The summed E-state index contributed by atoms with van der Waals surface area (Å²) < 4.78 is 10.6. The highest BCUT2D eigenvalue weighted by atomic mass is 16.5. The molecule has 1 aliphatic rings. The number of carboxylic acids is 1. The van der Waals surface area contributed by atoms with Crippen LogP contribution in [0.3, 0.4) is 0 Å². The first-order valence-corrected chi connectivity index (χ1v) is 6.91. The topological polar surface area (TPSA) is 80.0 Å². The Bertz CT molecular complexity index is 526. The first-order valence-electron chi connectivity index (χ1n) is 6.91. The SMILES string of the molecule is Cc1ccc(C=CC(=O)N2CCC(OCC(=O)O)CC2)o1. The molecule has 1 aromatic rings. The number of carboxylic acid groups (broad SMARTS) is 1. The van der Waals surface area contributed by atoms with E-state index in [0.717, 1.165) is 5.76 Å². The van der Waals surface area contributed by atoms with Crippen LogP contribution in [-0.2, 0) is 14.3 Å². The Labute approximate surface area is 123 Å². The molecule has 0 spiro atoms. The fraction of sp³-hybridized carbons (Fsp3) is 0.467. The van der Waals surface area contributed by atoms with Crippen LogP contribution in [0, 0.1) is 6.92 Å². The van der Waals surface area contributed by atoms with Crippen LogP contribution in [0.15, 0.2) is 22.6 Å². The van der Waals surface area contributed by atoms with Crippen molar-refractivity contribution in [2.24, 2.45) is 0 Å². The molecule has 1 aromatic heterocycles. The van der Waals surface area contributed by atoms with E-state index in [0.29, 0.717) is 31.7 Å². The average molecular weight is 293 g/mol. The van der Waals surface area contributed by atoms with E-state index in [1.54, 1.807) is 11.0 Å². The molecule has 0 radical (unpaired) electrons. The predicted molar refractivity (Wildman–Crippen MR) is 75.7 cm³/mol. The number of nitrogens with zero attached hydrogens (tertiary/aromatic N) is 1. The van der Waals surface area contributed by atoms with Crippen molar-refractivity contribution < 1.29 is 23.8 Å². The molecule has 1 aliphatic heterocycles. The molecule has 1 amide bonds. The largest absolute Gasteiger partial charge is 0.480 e. The van der Waals surface area contributed by atoms with Crippen LogP contribution in [0.1, 0.15) is 24.4 Å². The van der Waals surface area contributed by atoms with Gasteiger partial charge in [0, 0.05) is 19.2 Å². The van der Waals surface area contributed by atoms with Crippen molar-refractivity contribution in [2.75, 3.05) is 19.7 Å². The van der Waals surface area contributed by atoms with Crippen LogP contribution in [0.2, 0.25) is 0 Å². The number of amides is 1. The summed E-state index contributed by atoms with van der Waals surface area (Å²) in [6.07, 6.45) is 4.39. The second-order valence-corrected chi connectivity index (χ2v) is 5.01. The third-order valence-corrected chi connectivity index (χ3v) is 3.35. The fourth-order valence-electron chi connectivity index (χ4n) is 2.23. The molecule has 1 fully saturated rings. The summed E-state index contributed by atoms with van der Waals surface area (Å²) in [6, 6.07) is 3.65. The standard InChI is InChI=1S/C15H19NO5/c1-11-2-3-13(21-11)4-5-14(17)16-8-6-12(7-9-16)20-10-15(18)19/h2-5,12H,6-10H2,1H3,(H,18,19). The third kappa shape index (κ3) is 4.75. The van der Waals surface area contributed by atoms with Crippen LogP contribution in [-0.4, -0.2) is 47.7 Å². The van der Waals surface area contributed by atoms with Gasteiger partial charge < -0.3 is 19.2 Å². The Morgan fingerprint density at radius 3 is 2.71 bits per heavy atom. The molecule has 1 saturated heterocycles. The minimum atomic E-state index is -0.967. The average Bonchev–Trinajstić information content (AvgIpc) is 2.89. The number of aryl methyl sites for hydroxylation is 1. The number of likely N-dealkylation sites (tertiary alicyclic amines) is 1. The first kappa shape index (κ1) is 15.3. The highest BCUT2D eigenvalue weighted by molar-refractivity contribution is 5.91. The highest BCUT2D eigenvalue weighted by Crippen LogP contribution is 2.15. The number of hydrogen-bond donors (Lipinski definition) is 1. The number of carbonyl (C=O) groups excluding carboxylic acids is 1. The van der Waals surface area contributed by atoms with Gasteiger partial charge >= 0.3 is 5.97 Å². The van der Waals surface area contributed by atoms with Gasteiger partial charge in [-0.25, -0.2) is 4.79 Å². The maximum absolute atomic E-state index is 12.0. The Kier molecular flexibility index (Phi) is 5.16. The van der Waals surface area contributed by atoms with Gasteiger partial charge in [-0.1, -0.05) is 0 Å². The second kappa shape index (κ2) is 7.08. The lowest BCUT2D eigenvalue weighted by molar-refractivity contribution is -0.146. The van der Waals surface area contributed by atoms with Crippen molar-refractivity contribution in [3.05, 3.63) is 29.7 Å². The molecule has 2 heterocycles. The lowest BCUT2D eigenvalue weighted by Gasteiger charge is -2.30. The van der Waals surface area contributed by atoms with Crippen LogP contribution in [0.25, 0.3) is 6.08 Å². The Hall–Kier alpha value is -2.08. The Morgan fingerprint density at radius 2 is 2.14 bits per heavy atom. The molecule has 2 rings (SSSR count). The summed E-state index contributed by atoms with van der Waals surface area (Å²) in [7, 11) is 0. The fourth-order valence-corrected chi connectivity index (χ4v) is 2.23. The van der Waals surface area contributed by atoms with Gasteiger partial charge in [0.1, 0.15) is 18.1 Å². The van der Waals surface area contributed by atoms with Crippen LogP contribution >= 0.6 is 0 Å². The van der Waals surface area contributed by atoms with Crippen molar-refractivity contribution >= 4 is 18.0 Å². The number of ether oxygens (including phenoxy) is 1. The van der Waals surface area contributed by atoms with Crippen molar-refractivity contribution in [3.8, 4) is 0 Å². The first-order chi connectivity index (χ1) is 10.0. The van der Waals surface area contributed by atoms with Crippen LogP contribution in [0.5, 0.6) is 0 Å². The van der Waals surface area contributed by atoms with Crippen molar-refractivity contribution in [1.29, 1.82) is 0 Å². The molecule has 1 N–H and O–H groups in total. The van der Waals surface area contributed by atoms with Gasteiger partial charge in [-0.05, 0) is 38.0 Å². The molecular formula is C15H19NO5. The Balaban J connectivity index is 1.77. The molecule has 6 heteroatoms. The van der Waals surface area contributed by atoms with Crippen molar-refractivity contribution in [3.63, 3.8) is 0 Å². The number of aliphatic carboxylic acids is 1. The van der Waals surface area contributed by atoms with E-state index >= 15 is 0 Å². The van der Waals surface area contributed by atoms with E-state index in [4.69, 9.17) is 14.3 Å². The normalized spacial score (nSPS) is 16.5. The van der Waals surface area contributed by atoms with Gasteiger partial charge in [0.15, 0.2) is 0 Å². The number of furan rings is 1. The molecule has 0 aliphatic carbocycles. The summed E-state index contributed by atoms with van der Waals surface area (Å²) in [6.45, 7) is 2.71. The highest BCUT2D eigenvalue weighted by Gasteiger charge is 2.22. The molecule has 0 aromatic carbocycles. The Morgan fingerprint density at radius 1 is 1.43 bits per heavy atom. The number of hydrogen-bond acceptors (Lipinski definition) is 4. The van der Waals surface area contributed by atoms with Crippen molar-refractivity contribution in [2.45, 2.75) is 25.9 Å². The van der Waals surface area contributed by atoms with E-state index < -0.39 is 5.97 Å². The molecule has 6 nitrogen and oxygen atoms in total. The van der Waals surface area contributed by atoms with E-state index in [-0.39, 0.29) is 18.6 Å². The summed E-state index contributed by atoms with van der Waals surface area (Å²) in [5.74, 6) is 0.421. The van der Waals surface area contributed by atoms with Gasteiger partial charge in [-0.2, -0.15) is 0 Å². The molecule has 0 bridgehead atoms.